The lowest BCUT2D eigenvalue weighted by molar-refractivity contribution is 0.415. The van der Waals surface area contributed by atoms with Crippen LogP contribution in [0.3, 0.4) is 0 Å². The quantitative estimate of drug-likeness (QED) is 0.412. The van der Waals surface area contributed by atoms with Crippen molar-refractivity contribution in [2.75, 3.05) is 7.11 Å². The highest BCUT2D eigenvalue weighted by molar-refractivity contribution is 6.93. The van der Waals surface area contributed by atoms with Crippen LogP contribution in [0.5, 0.6) is 5.75 Å². The van der Waals surface area contributed by atoms with Gasteiger partial charge in [-0.1, -0.05) is 81.2 Å². The summed E-state index contributed by atoms with van der Waals surface area (Å²) in [5.41, 5.74) is 2.49. The summed E-state index contributed by atoms with van der Waals surface area (Å²) in [5, 5.41) is 1.47. The van der Waals surface area contributed by atoms with Crippen molar-refractivity contribution in [3.8, 4) is 5.75 Å². The Balaban J connectivity index is 2.35. The summed E-state index contributed by atoms with van der Waals surface area (Å²) in [6.07, 6.45) is 11.9. The average molecular weight is 305 g/mol. The predicted octanol–water partition coefficient (Wildman–Crippen LogP) is 5.46. The first-order valence-electron chi connectivity index (χ1n) is 8.42. The van der Waals surface area contributed by atoms with Gasteiger partial charge in [-0.2, -0.15) is 0 Å². The van der Waals surface area contributed by atoms with E-state index < -0.39 is 8.07 Å². The topological polar surface area (TPSA) is 9.23 Å². The molecule has 1 aromatic carbocycles. The lowest BCUT2D eigenvalue weighted by Gasteiger charge is -2.18. The minimum atomic E-state index is -1.43. The second-order valence-electron chi connectivity index (χ2n) is 6.41. The number of hydrogen-bond donors (Lipinski definition) is 0. The van der Waals surface area contributed by atoms with Crippen LogP contribution in [-0.4, -0.2) is 15.2 Å². The summed E-state index contributed by atoms with van der Waals surface area (Å²) in [4.78, 5) is 0. The molecular weight excluding hydrogens is 272 g/mol. The van der Waals surface area contributed by atoms with Gasteiger partial charge in [0.15, 0.2) is 0 Å². The van der Waals surface area contributed by atoms with Gasteiger partial charge in [0.05, 0.1) is 7.11 Å². The lowest BCUT2D eigenvalue weighted by Crippen LogP contribution is -2.39. The molecule has 0 spiro atoms. The van der Waals surface area contributed by atoms with Gasteiger partial charge >= 0.3 is 0 Å². The fraction of sp³-hybridized carbons (Fsp3) is 0.579. The largest absolute Gasteiger partial charge is 0.497 e. The van der Waals surface area contributed by atoms with Crippen molar-refractivity contribution in [2.45, 2.75) is 65.0 Å². The average Bonchev–Trinajstić information content (AvgIpc) is 2.50. The molecule has 2 heteroatoms. The van der Waals surface area contributed by atoms with E-state index in [2.05, 4.69) is 56.1 Å². The number of ether oxygens (including phenoxy) is 1. The van der Waals surface area contributed by atoms with Crippen molar-refractivity contribution >= 4 is 13.3 Å². The number of hydrogen-bond acceptors (Lipinski definition) is 1. The van der Waals surface area contributed by atoms with Crippen molar-refractivity contribution in [3.05, 3.63) is 36.0 Å². The molecule has 21 heavy (non-hydrogen) atoms. The van der Waals surface area contributed by atoms with Crippen molar-refractivity contribution in [3.63, 3.8) is 0 Å². The number of unbranched alkanes of at least 4 members (excludes halogenated alkanes) is 6. The van der Waals surface area contributed by atoms with Gasteiger partial charge in [0, 0.05) is 0 Å². The molecule has 0 bridgehead atoms. The summed E-state index contributed by atoms with van der Waals surface area (Å²) in [5.74, 6) is 0.944. The predicted molar refractivity (Wildman–Crippen MR) is 97.2 cm³/mol. The molecule has 1 nitrogen and oxygen atoms in total. The van der Waals surface area contributed by atoms with E-state index in [4.69, 9.17) is 4.74 Å². The van der Waals surface area contributed by atoms with E-state index in [-0.39, 0.29) is 0 Å². The van der Waals surface area contributed by atoms with Gasteiger partial charge in [-0.05, 0) is 25.0 Å². The third-order valence-electron chi connectivity index (χ3n) is 4.09. The van der Waals surface area contributed by atoms with Crippen LogP contribution < -0.4 is 9.92 Å². The SMILES string of the molecule is CCCCCCCC/C=C\[Si](C)(C)c1ccc(OC)cc1. The Bertz CT molecular complexity index is 406. The Kier molecular flexibility index (Phi) is 8.44. The van der Waals surface area contributed by atoms with E-state index in [9.17, 15) is 0 Å². The van der Waals surface area contributed by atoms with Gasteiger partial charge in [-0.25, -0.2) is 0 Å². The fourth-order valence-electron chi connectivity index (χ4n) is 2.54. The van der Waals surface area contributed by atoms with Gasteiger partial charge in [0.1, 0.15) is 13.8 Å². The molecule has 0 fully saturated rings. The van der Waals surface area contributed by atoms with Crippen LogP contribution >= 0.6 is 0 Å². The first kappa shape index (κ1) is 18.0. The number of allylic oxidation sites excluding steroid dienone is 1. The smallest absolute Gasteiger partial charge is 0.118 e. The van der Waals surface area contributed by atoms with Crippen LogP contribution in [0, 0.1) is 0 Å². The summed E-state index contributed by atoms with van der Waals surface area (Å²) in [6, 6.07) is 8.59. The van der Waals surface area contributed by atoms with E-state index in [0.29, 0.717) is 0 Å². The molecule has 0 aliphatic heterocycles. The van der Waals surface area contributed by atoms with Crippen molar-refractivity contribution in [1.29, 1.82) is 0 Å². The zero-order chi connectivity index (χ0) is 15.6. The normalized spacial score (nSPS) is 12.0. The third kappa shape index (κ3) is 6.99. The van der Waals surface area contributed by atoms with Gasteiger partial charge in [-0.3, -0.25) is 0 Å². The molecule has 0 saturated heterocycles. The standard InChI is InChI=1S/C19H32OSi/c1-5-6-7-8-9-10-11-12-17-21(3,4)19-15-13-18(20-2)14-16-19/h12-17H,5-11H2,1-4H3/b17-12-. The van der Waals surface area contributed by atoms with Crippen LogP contribution in [0.15, 0.2) is 36.0 Å². The first-order chi connectivity index (χ1) is 10.1. The molecule has 0 unspecified atom stereocenters. The number of methoxy groups -OCH3 is 1. The Morgan fingerprint density at radius 3 is 2.19 bits per heavy atom. The molecule has 0 heterocycles. The molecule has 1 rings (SSSR count). The van der Waals surface area contributed by atoms with E-state index in [1.165, 1.54) is 50.1 Å². The van der Waals surface area contributed by atoms with Gasteiger partial charge < -0.3 is 4.74 Å². The van der Waals surface area contributed by atoms with E-state index >= 15 is 0 Å². The summed E-state index contributed by atoms with van der Waals surface area (Å²) in [7, 11) is 0.288. The van der Waals surface area contributed by atoms with E-state index in [1.807, 2.05) is 0 Å². The highest BCUT2D eigenvalue weighted by atomic mass is 28.3. The maximum atomic E-state index is 5.23. The summed E-state index contributed by atoms with van der Waals surface area (Å²) >= 11 is 0. The second-order valence-corrected chi connectivity index (χ2v) is 10.8. The van der Waals surface area contributed by atoms with Crippen LogP contribution in [0.2, 0.25) is 13.1 Å². The van der Waals surface area contributed by atoms with Crippen LogP contribution in [0.1, 0.15) is 51.9 Å². The Morgan fingerprint density at radius 2 is 1.57 bits per heavy atom. The van der Waals surface area contributed by atoms with Gasteiger partial charge in [0.25, 0.3) is 0 Å². The Labute approximate surface area is 132 Å². The van der Waals surface area contributed by atoms with Crippen molar-refractivity contribution in [1.82, 2.24) is 0 Å². The zero-order valence-corrected chi connectivity index (χ0v) is 15.3. The van der Waals surface area contributed by atoms with Crippen LogP contribution in [0.25, 0.3) is 0 Å². The number of rotatable bonds is 10. The molecule has 118 valence electrons. The van der Waals surface area contributed by atoms with Crippen LogP contribution in [0.4, 0.5) is 0 Å². The fourth-order valence-corrected chi connectivity index (χ4v) is 4.51. The summed E-state index contributed by atoms with van der Waals surface area (Å²) < 4.78 is 5.23. The highest BCUT2D eigenvalue weighted by Crippen LogP contribution is 2.12. The van der Waals surface area contributed by atoms with Gasteiger partial charge in [-0.15, -0.1) is 0 Å². The van der Waals surface area contributed by atoms with Crippen molar-refractivity contribution < 1.29 is 4.74 Å². The molecule has 0 amide bonds. The maximum absolute atomic E-state index is 5.23. The maximum Gasteiger partial charge on any atom is 0.118 e. The molecular formula is C19H32OSi. The second kappa shape index (κ2) is 9.83. The van der Waals surface area contributed by atoms with Crippen molar-refractivity contribution in [2.24, 2.45) is 0 Å². The Hall–Kier alpha value is -1.02. The Morgan fingerprint density at radius 1 is 0.952 bits per heavy atom. The highest BCUT2D eigenvalue weighted by Gasteiger charge is 2.19. The number of benzene rings is 1. The van der Waals surface area contributed by atoms with E-state index in [0.717, 1.165) is 5.75 Å². The van der Waals surface area contributed by atoms with Crippen LogP contribution in [-0.2, 0) is 0 Å². The minimum absolute atomic E-state index is 0.944. The molecule has 0 aliphatic carbocycles. The molecule has 1 aromatic rings. The van der Waals surface area contributed by atoms with Gasteiger partial charge in [0.2, 0.25) is 0 Å². The molecule has 0 atom stereocenters. The summed E-state index contributed by atoms with van der Waals surface area (Å²) in [6.45, 7) is 7.09. The third-order valence-corrected chi connectivity index (χ3v) is 6.98. The lowest BCUT2D eigenvalue weighted by atomic mass is 10.1. The molecule has 0 aliphatic rings. The molecule has 0 saturated carbocycles. The zero-order valence-electron chi connectivity index (χ0n) is 14.3. The minimum Gasteiger partial charge on any atom is -0.497 e. The molecule has 0 N–H and O–H groups in total. The molecule has 0 aromatic heterocycles. The molecule has 0 radical (unpaired) electrons. The monoisotopic (exact) mass is 304 g/mol. The first-order valence-corrected chi connectivity index (χ1v) is 11.5. The van der Waals surface area contributed by atoms with E-state index in [1.54, 1.807) is 7.11 Å².